The molecule has 2 aromatic carbocycles. The Morgan fingerprint density at radius 3 is 1.95 bits per heavy atom. The van der Waals surface area contributed by atoms with Crippen LogP contribution < -0.4 is 0 Å². The number of aliphatic hydroxyl groups is 1. The van der Waals surface area contributed by atoms with Gasteiger partial charge in [-0.2, -0.15) is 0 Å². The predicted molar refractivity (Wildman–Crippen MR) is 80.3 cm³/mol. The molecule has 0 aliphatic rings. The van der Waals surface area contributed by atoms with Crippen molar-refractivity contribution in [2.45, 2.75) is 38.7 Å². The molecular weight excluding hydrogens is 232 g/mol. The zero-order valence-electron chi connectivity index (χ0n) is 11.9. The molecule has 0 heterocycles. The van der Waals surface area contributed by atoms with Gasteiger partial charge in [-0.05, 0) is 28.5 Å². The molecule has 1 atom stereocenters. The minimum atomic E-state index is -0.542. The third-order valence-electron chi connectivity index (χ3n) is 4.01. The van der Waals surface area contributed by atoms with Crippen LogP contribution in [0.4, 0.5) is 0 Å². The number of aliphatic hydroxyl groups excluding tert-OH is 1. The molecule has 0 radical (unpaired) electrons. The van der Waals surface area contributed by atoms with Gasteiger partial charge < -0.3 is 5.11 Å². The lowest BCUT2D eigenvalue weighted by atomic mass is 9.82. The predicted octanol–water partition coefficient (Wildman–Crippen LogP) is 4.46. The smallest absolute Gasteiger partial charge is 0.104 e. The third kappa shape index (κ3) is 3.05. The van der Waals surface area contributed by atoms with E-state index in [1.165, 1.54) is 5.56 Å². The van der Waals surface area contributed by atoms with Crippen molar-refractivity contribution in [2.24, 2.45) is 0 Å². The molecule has 100 valence electrons. The van der Waals surface area contributed by atoms with Crippen LogP contribution >= 0.6 is 0 Å². The highest BCUT2D eigenvalue weighted by Crippen LogP contribution is 2.29. The van der Waals surface area contributed by atoms with E-state index in [0.717, 1.165) is 17.5 Å². The molecule has 2 rings (SSSR count). The van der Waals surface area contributed by atoms with E-state index in [1.807, 2.05) is 42.5 Å². The maximum atomic E-state index is 10.3. The van der Waals surface area contributed by atoms with Gasteiger partial charge in [0, 0.05) is 0 Å². The Morgan fingerprint density at radius 2 is 1.42 bits per heavy atom. The van der Waals surface area contributed by atoms with Gasteiger partial charge in [-0.15, -0.1) is 0 Å². The van der Waals surface area contributed by atoms with E-state index in [9.17, 15) is 5.11 Å². The molecule has 1 unspecified atom stereocenters. The van der Waals surface area contributed by atoms with Gasteiger partial charge in [-0.3, -0.25) is 0 Å². The van der Waals surface area contributed by atoms with Gasteiger partial charge in [-0.1, -0.05) is 75.4 Å². The monoisotopic (exact) mass is 254 g/mol. The van der Waals surface area contributed by atoms with Gasteiger partial charge in [0.15, 0.2) is 0 Å². The van der Waals surface area contributed by atoms with Gasteiger partial charge >= 0.3 is 0 Å². The van der Waals surface area contributed by atoms with Crippen LogP contribution in [0.25, 0.3) is 0 Å². The summed E-state index contributed by atoms with van der Waals surface area (Å²) in [5.74, 6) is 0. The van der Waals surface area contributed by atoms with Gasteiger partial charge in [0.1, 0.15) is 6.10 Å². The van der Waals surface area contributed by atoms with Gasteiger partial charge in [0.05, 0.1) is 0 Å². The summed E-state index contributed by atoms with van der Waals surface area (Å²) in [4.78, 5) is 0. The lowest BCUT2D eigenvalue weighted by Gasteiger charge is -2.24. The van der Waals surface area contributed by atoms with Crippen molar-refractivity contribution in [2.75, 3.05) is 0 Å². The van der Waals surface area contributed by atoms with Crippen LogP contribution in [0.5, 0.6) is 0 Å². The molecule has 19 heavy (non-hydrogen) atoms. The fraction of sp³-hybridized carbons (Fsp3) is 0.333. The molecule has 0 spiro atoms. The minimum absolute atomic E-state index is 0.191. The SMILES string of the molecule is CCC(C)(C)c1ccc(C(O)c2ccccc2)cc1. The minimum Gasteiger partial charge on any atom is -0.384 e. The van der Waals surface area contributed by atoms with Crippen molar-refractivity contribution in [1.29, 1.82) is 0 Å². The van der Waals surface area contributed by atoms with Crippen molar-refractivity contribution in [1.82, 2.24) is 0 Å². The Morgan fingerprint density at radius 1 is 0.895 bits per heavy atom. The van der Waals surface area contributed by atoms with Crippen molar-refractivity contribution in [3.8, 4) is 0 Å². The van der Waals surface area contributed by atoms with Crippen molar-refractivity contribution in [3.63, 3.8) is 0 Å². The Bertz CT molecular complexity index is 511. The standard InChI is InChI=1S/C18H22O/c1-4-18(2,3)16-12-10-15(11-13-16)17(19)14-8-6-5-7-9-14/h5-13,17,19H,4H2,1-3H3. The van der Waals surface area contributed by atoms with Gasteiger partial charge in [-0.25, -0.2) is 0 Å². The van der Waals surface area contributed by atoms with E-state index in [4.69, 9.17) is 0 Å². The average Bonchev–Trinajstić information content (AvgIpc) is 2.47. The molecule has 0 fully saturated rings. The van der Waals surface area contributed by atoms with Gasteiger partial charge in [0.25, 0.3) is 0 Å². The van der Waals surface area contributed by atoms with E-state index in [0.29, 0.717) is 0 Å². The summed E-state index contributed by atoms with van der Waals surface area (Å²) >= 11 is 0. The number of benzene rings is 2. The van der Waals surface area contributed by atoms with Crippen molar-refractivity contribution >= 4 is 0 Å². The number of hydrogen-bond donors (Lipinski definition) is 1. The molecule has 0 amide bonds. The molecule has 0 aromatic heterocycles. The van der Waals surface area contributed by atoms with Crippen LogP contribution in [0.3, 0.4) is 0 Å². The highest BCUT2D eigenvalue weighted by molar-refractivity contribution is 5.34. The van der Waals surface area contributed by atoms with Crippen LogP contribution in [0.2, 0.25) is 0 Å². The molecule has 0 saturated heterocycles. The Hall–Kier alpha value is -1.60. The summed E-state index contributed by atoms with van der Waals surface area (Å²) in [5, 5.41) is 10.3. The average molecular weight is 254 g/mol. The van der Waals surface area contributed by atoms with E-state index in [-0.39, 0.29) is 5.41 Å². The molecule has 1 N–H and O–H groups in total. The quantitative estimate of drug-likeness (QED) is 0.854. The second-order valence-corrected chi connectivity index (χ2v) is 5.67. The molecule has 0 aliphatic heterocycles. The Labute approximate surface area is 115 Å². The van der Waals surface area contributed by atoms with Crippen LogP contribution in [0.1, 0.15) is 50.0 Å². The maximum absolute atomic E-state index is 10.3. The molecule has 2 aromatic rings. The summed E-state index contributed by atoms with van der Waals surface area (Å²) in [6, 6.07) is 18.1. The molecular formula is C18H22O. The van der Waals surface area contributed by atoms with Crippen molar-refractivity contribution in [3.05, 3.63) is 71.3 Å². The van der Waals surface area contributed by atoms with Crippen molar-refractivity contribution < 1.29 is 5.11 Å². The largest absolute Gasteiger partial charge is 0.384 e. The first-order chi connectivity index (χ1) is 9.04. The highest BCUT2D eigenvalue weighted by Gasteiger charge is 2.18. The van der Waals surface area contributed by atoms with Gasteiger partial charge in [0.2, 0.25) is 0 Å². The Kier molecular flexibility index (Phi) is 4.06. The summed E-state index contributed by atoms with van der Waals surface area (Å²) in [5.41, 5.74) is 3.39. The van der Waals surface area contributed by atoms with E-state index >= 15 is 0 Å². The number of hydrogen-bond acceptors (Lipinski definition) is 1. The zero-order valence-corrected chi connectivity index (χ0v) is 11.9. The lowest BCUT2D eigenvalue weighted by Crippen LogP contribution is -2.15. The van der Waals surface area contributed by atoms with Crippen LogP contribution in [-0.4, -0.2) is 5.11 Å². The maximum Gasteiger partial charge on any atom is 0.104 e. The summed E-state index contributed by atoms with van der Waals surface area (Å²) in [6.45, 7) is 6.69. The summed E-state index contributed by atoms with van der Waals surface area (Å²) in [7, 11) is 0. The van der Waals surface area contributed by atoms with Crippen LogP contribution in [-0.2, 0) is 5.41 Å². The fourth-order valence-electron chi connectivity index (χ4n) is 2.15. The lowest BCUT2D eigenvalue weighted by molar-refractivity contribution is 0.220. The first kappa shape index (κ1) is 13.8. The second-order valence-electron chi connectivity index (χ2n) is 5.67. The topological polar surface area (TPSA) is 20.2 Å². The Balaban J connectivity index is 2.24. The molecule has 0 bridgehead atoms. The van der Waals surface area contributed by atoms with E-state index in [2.05, 4.69) is 32.9 Å². The first-order valence-corrected chi connectivity index (χ1v) is 6.88. The zero-order chi connectivity index (χ0) is 13.9. The highest BCUT2D eigenvalue weighted by atomic mass is 16.3. The normalized spacial score (nSPS) is 13.3. The first-order valence-electron chi connectivity index (χ1n) is 6.88. The summed E-state index contributed by atoms with van der Waals surface area (Å²) < 4.78 is 0. The molecule has 0 aliphatic carbocycles. The van der Waals surface area contributed by atoms with E-state index < -0.39 is 6.10 Å². The second kappa shape index (κ2) is 5.58. The van der Waals surface area contributed by atoms with Crippen LogP contribution in [0, 0.1) is 0 Å². The summed E-state index contributed by atoms with van der Waals surface area (Å²) in [6.07, 6.45) is 0.563. The molecule has 0 saturated carbocycles. The number of rotatable bonds is 4. The fourth-order valence-corrected chi connectivity index (χ4v) is 2.15. The van der Waals surface area contributed by atoms with Crippen LogP contribution in [0.15, 0.2) is 54.6 Å². The molecule has 1 nitrogen and oxygen atoms in total. The third-order valence-corrected chi connectivity index (χ3v) is 4.01. The van der Waals surface area contributed by atoms with E-state index in [1.54, 1.807) is 0 Å². The molecule has 1 heteroatoms.